The molecule has 9 heteroatoms. The van der Waals surface area contributed by atoms with Crippen molar-refractivity contribution in [3.8, 4) is 17.2 Å². The Morgan fingerprint density at radius 3 is 2.69 bits per heavy atom. The van der Waals surface area contributed by atoms with Gasteiger partial charge >= 0.3 is 6.09 Å². The number of aromatic hydroxyl groups is 1. The van der Waals surface area contributed by atoms with Crippen LogP contribution in [-0.4, -0.2) is 56.8 Å². The van der Waals surface area contributed by atoms with Gasteiger partial charge in [-0.05, 0) is 39.3 Å². The smallest absolute Gasteiger partial charge is 0.410 e. The third-order valence-corrected chi connectivity index (χ3v) is 5.24. The Hall–Kier alpha value is -3.23. The molecule has 29 heavy (non-hydrogen) atoms. The van der Waals surface area contributed by atoms with Crippen molar-refractivity contribution >= 4 is 23.2 Å². The first-order valence-electron chi connectivity index (χ1n) is 9.59. The monoisotopic (exact) mass is 398 g/mol. The zero-order valence-electron chi connectivity index (χ0n) is 16.5. The molecule has 0 spiro atoms. The number of carbonyl (C=O) groups excluding carboxylic acids is 1. The van der Waals surface area contributed by atoms with Crippen molar-refractivity contribution in [2.75, 3.05) is 18.0 Å². The summed E-state index contributed by atoms with van der Waals surface area (Å²) in [5, 5.41) is 10.2. The van der Waals surface area contributed by atoms with Crippen LogP contribution in [0, 0.1) is 0 Å². The number of ether oxygens (including phenoxy) is 1. The lowest BCUT2D eigenvalue weighted by Gasteiger charge is -2.55. The minimum atomic E-state index is -0.519. The molecule has 1 aromatic carbocycles. The van der Waals surface area contributed by atoms with Crippen LogP contribution in [0.3, 0.4) is 0 Å². The fraction of sp³-hybridized carbons (Fsp3) is 0.450. The van der Waals surface area contributed by atoms with Crippen LogP contribution in [-0.2, 0) is 4.74 Å². The van der Waals surface area contributed by atoms with Crippen LogP contribution >= 0.6 is 0 Å². The number of anilines is 1. The van der Waals surface area contributed by atoms with E-state index in [0.717, 1.165) is 6.42 Å². The number of aromatic nitrogens is 2. The molecule has 3 aliphatic rings. The van der Waals surface area contributed by atoms with Crippen molar-refractivity contribution in [3.63, 3.8) is 0 Å². The number of oxazole rings is 2. The zero-order valence-corrected chi connectivity index (χ0v) is 16.5. The van der Waals surface area contributed by atoms with Crippen molar-refractivity contribution in [1.82, 2.24) is 14.9 Å². The maximum atomic E-state index is 12.5. The van der Waals surface area contributed by atoms with Crippen LogP contribution < -0.4 is 4.90 Å². The summed E-state index contributed by atoms with van der Waals surface area (Å²) >= 11 is 0. The summed E-state index contributed by atoms with van der Waals surface area (Å²) in [6.07, 6.45) is 3.69. The molecule has 0 radical (unpaired) electrons. The molecular weight excluding hydrogens is 376 g/mol. The Morgan fingerprint density at radius 1 is 1.28 bits per heavy atom. The summed E-state index contributed by atoms with van der Waals surface area (Å²) in [6, 6.07) is 3.76. The predicted octanol–water partition coefficient (Wildman–Crippen LogP) is 3.39. The summed E-state index contributed by atoms with van der Waals surface area (Å²) in [5.74, 6) is 0.429. The molecule has 0 saturated carbocycles. The number of hydrogen-bond acceptors (Lipinski definition) is 8. The quantitative estimate of drug-likeness (QED) is 0.700. The third kappa shape index (κ3) is 2.97. The molecule has 1 amide bonds. The Bertz CT molecular complexity index is 1060. The highest BCUT2D eigenvalue weighted by Crippen LogP contribution is 2.39. The van der Waals surface area contributed by atoms with Gasteiger partial charge in [-0.15, -0.1) is 0 Å². The third-order valence-electron chi connectivity index (χ3n) is 5.24. The van der Waals surface area contributed by atoms with E-state index in [4.69, 9.17) is 13.6 Å². The summed E-state index contributed by atoms with van der Waals surface area (Å²) < 4.78 is 16.9. The molecule has 0 aliphatic carbocycles. The molecule has 2 bridgehead atoms. The molecule has 6 rings (SSSR count). The van der Waals surface area contributed by atoms with E-state index >= 15 is 0 Å². The molecule has 2 aromatic heterocycles. The summed E-state index contributed by atoms with van der Waals surface area (Å²) in [6.45, 7) is 6.78. The second-order valence-corrected chi connectivity index (χ2v) is 8.48. The lowest BCUT2D eigenvalue weighted by atomic mass is 9.88. The molecule has 9 nitrogen and oxygen atoms in total. The van der Waals surface area contributed by atoms with E-state index in [0.29, 0.717) is 41.7 Å². The maximum Gasteiger partial charge on any atom is 0.410 e. The van der Waals surface area contributed by atoms with Crippen molar-refractivity contribution in [1.29, 1.82) is 0 Å². The molecule has 2 unspecified atom stereocenters. The number of hydrogen-bond donors (Lipinski definition) is 1. The number of fused-ring (bicyclic) bond motifs is 3. The van der Waals surface area contributed by atoms with E-state index in [2.05, 4.69) is 9.97 Å². The van der Waals surface area contributed by atoms with Gasteiger partial charge in [0.25, 0.3) is 6.01 Å². The number of benzene rings is 1. The Labute approximate surface area is 166 Å². The van der Waals surface area contributed by atoms with Crippen molar-refractivity contribution in [3.05, 3.63) is 24.6 Å². The number of piperidine rings is 1. The first kappa shape index (κ1) is 17.8. The van der Waals surface area contributed by atoms with Crippen LogP contribution in [0.25, 0.3) is 22.6 Å². The normalized spacial score (nSPS) is 21.3. The highest BCUT2D eigenvalue weighted by molar-refractivity contribution is 5.92. The van der Waals surface area contributed by atoms with Gasteiger partial charge < -0.3 is 23.6 Å². The van der Waals surface area contributed by atoms with Gasteiger partial charge in [0, 0.05) is 13.1 Å². The molecule has 3 fully saturated rings. The SMILES string of the molecule is CC(C)(C)OC(=O)N1C2CC1CN(c1nc3c(O)ccc(-c4ncco4)c3o1)C2. The molecule has 3 aliphatic heterocycles. The minimum Gasteiger partial charge on any atom is -0.506 e. The van der Waals surface area contributed by atoms with Crippen LogP contribution in [0.2, 0.25) is 0 Å². The first-order valence-corrected chi connectivity index (χ1v) is 9.59. The van der Waals surface area contributed by atoms with Gasteiger partial charge in [0.05, 0.1) is 23.8 Å². The lowest BCUT2D eigenvalue weighted by Crippen LogP contribution is -2.70. The Morgan fingerprint density at radius 2 is 2.03 bits per heavy atom. The molecule has 2 atom stereocenters. The molecule has 5 heterocycles. The molecule has 152 valence electrons. The number of rotatable bonds is 2. The number of phenolic OH excluding ortho intramolecular Hbond substituents is 1. The van der Waals surface area contributed by atoms with Gasteiger partial charge in [-0.25, -0.2) is 9.78 Å². The van der Waals surface area contributed by atoms with Crippen LogP contribution in [0.5, 0.6) is 5.75 Å². The number of phenols is 1. The van der Waals surface area contributed by atoms with Crippen molar-refractivity contribution in [2.24, 2.45) is 0 Å². The highest BCUT2D eigenvalue weighted by atomic mass is 16.6. The lowest BCUT2D eigenvalue weighted by molar-refractivity contribution is -0.0386. The minimum absolute atomic E-state index is 0.0304. The van der Waals surface area contributed by atoms with Gasteiger partial charge in [0.2, 0.25) is 5.89 Å². The number of carbonyl (C=O) groups is 1. The highest BCUT2D eigenvalue weighted by Gasteiger charge is 2.49. The van der Waals surface area contributed by atoms with E-state index in [9.17, 15) is 9.90 Å². The zero-order chi connectivity index (χ0) is 20.3. The van der Waals surface area contributed by atoms with Gasteiger partial charge in [-0.3, -0.25) is 4.90 Å². The molecule has 3 saturated heterocycles. The molecular formula is C20H22N4O5. The van der Waals surface area contributed by atoms with Crippen LogP contribution in [0.1, 0.15) is 27.2 Å². The second kappa shape index (κ2) is 6.13. The van der Waals surface area contributed by atoms with Crippen molar-refractivity contribution < 1.29 is 23.5 Å². The first-order chi connectivity index (χ1) is 13.8. The van der Waals surface area contributed by atoms with Gasteiger partial charge in [-0.2, -0.15) is 4.98 Å². The van der Waals surface area contributed by atoms with E-state index < -0.39 is 5.60 Å². The van der Waals surface area contributed by atoms with E-state index in [1.165, 1.54) is 6.26 Å². The largest absolute Gasteiger partial charge is 0.506 e. The van der Waals surface area contributed by atoms with Crippen molar-refractivity contribution in [2.45, 2.75) is 44.9 Å². The molecule has 1 N–H and O–H groups in total. The fourth-order valence-corrected chi connectivity index (χ4v) is 4.02. The van der Waals surface area contributed by atoms with Crippen LogP contribution in [0.15, 0.2) is 33.4 Å². The summed E-state index contributed by atoms with van der Waals surface area (Å²) in [7, 11) is 0. The average molecular weight is 398 g/mol. The Kier molecular flexibility index (Phi) is 3.77. The van der Waals surface area contributed by atoms with Crippen LogP contribution in [0.4, 0.5) is 10.8 Å². The van der Waals surface area contributed by atoms with Gasteiger partial charge in [0.15, 0.2) is 11.1 Å². The summed E-state index contributed by atoms with van der Waals surface area (Å²) in [5.41, 5.74) is 0.887. The number of piperazine rings is 1. The fourth-order valence-electron chi connectivity index (χ4n) is 4.02. The second-order valence-electron chi connectivity index (χ2n) is 8.48. The number of amides is 1. The van der Waals surface area contributed by atoms with Gasteiger partial charge in [0.1, 0.15) is 17.6 Å². The Balaban J connectivity index is 1.40. The molecule has 3 aromatic rings. The maximum absolute atomic E-state index is 12.5. The van der Waals surface area contributed by atoms with E-state index in [1.807, 2.05) is 25.7 Å². The van der Waals surface area contributed by atoms with E-state index in [1.54, 1.807) is 23.2 Å². The topological polar surface area (TPSA) is 105 Å². The summed E-state index contributed by atoms with van der Waals surface area (Å²) in [4.78, 5) is 24.9. The van der Waals surface area contributed by atoms with E-state index in [-0.39, 0.29) is 23.9 Å². The van der Waals surface area contributed by atoms with Gasteiger partial charge in [-0.1, -0.05) is 0 Å². The number of nitrogens with zero attached hydrogens (tertiary/aromatic N) is 4. The predicted molar refractivity (Wildman–Crippen MR) is 104 cm³/mol. The average Bonchev–Trinajstić information content (AvgIpc) is 3.31. The standard InChI is InChI=1S/C20H22N4O5/c1-20(2,3)29-19(26)24-11-8-12(24)10-23(9-11)18-22-15-14(25)5-4-13(16(15)28-18)17-21-6-7-27-17/h4-7,11-12,25H,8-10H2,1-3H3.